The van der Waals surface area contributed by atoms with Crippen LogP contribution >= 0.6 is 43.2 Å². The Bertz CT molecular complexity index is 308. The predicted molar refractivity (Wildman–Crippen MR) is 78.5 cm³/mol. The van der Waals surface area contributed by atoms with Crippen LogP contribution in [0.4, 0.5) is 0 Å². The fraction of sp³-hybridized carbons (Fsp3) is 0.636. The maximum Gasteiger partial charge on any atom is 0.0843 e. The first-order chi connectivity index (χ1) is 7.58. The SMILES string of the molecule is CCCC(C)CC(NN)c1cc(Br)c(Br)s1. The molecule has 1 aromatic heterocycles. The van der Waals surface area contributed by atoms with Crippen molar-refractivity contribution in [2.75, 3.05) is 0 Å². The standard InChI is InChI=1S/C11H18Br2N2S/c1-3-4-7(2)5-9(15-14)10-6-8(12)11(13)16-10/h6-7,9,15H,3-5,14H2,1-2H3. The van der Waals surface area contributed by atoms with Gasteiger partial charge in [-0.2, -0.15) is 0 Å². The second-order valence-electron chi connectivity index (χ2n) is 4.12. The van der Waals surface area contributed by atoms with E-state index in [9.17, 15) is 0 Å². The Morgan fingerprint density at radius 2 is 2.19 bits per heavy atom. The average molecular weight is 370 g/mol. The summed E-state index contributed by atoms with van der Waals surface area (Å²) in [6, 6.07) is 2.40. The molecule has 0 aromatic carbocycles. The highest BCUT2D eigenvalue weighted by molar-refractivity contribution is 9.13. The summed E-state index contributed by atoms with van der Waals surface area (Å²) in [5.74, 6) is 6.33. The van der Waals surface area contributed by atoms with Crippen molar-refractivity contribution in [3.63, 3.8) is 0 Å². The number of hydrogen-bond donors (Lipinski definition) is 2. The van der Waals surface area contributed by atoms with E-state index in [2.05, 4.69) is 57.2 Å². The minimum Gasteiger partial charge on any atom is -0.271 e. The smallest absolute Gasteiger partial charge is 0.0843 e. The third-order valence-corrected chi connectivity index (χ3v) is 6.00. The normalized spacial score (nSPS) is 15.1. The maximum atomic E-state index is 5.63. The van der Waals surface area contributed by atoms with E-state index < -0.39 is 0 Å². The van der Waals surface area contributed by atoms with Crippen LogP contribution in [-0.2, 0) is 0 Å². The van der Waals surface area contributed by atoms with Gasteiger partial charge in [-0.15, -0.1) is 11.3 Å². The van der Waals surface area contributed by atoms with Crippen molar-refractivity contribution in [2.45, 2.75) is 39.2 Å². The van der Waals surface area contributed by atoms with Crippen LogP contribution in [0.25, 0.3) is 0 Å². The molecule has 16 heavy (non-hydrogen) atoms. The molecule has 0 aliphatic heterocycles. The van der Waals surface area contributed by atoms with Crippen LogP contribution in [0, 0.1) is 5.92 Å². The number of hydrazine groups is 1. The largest absolute Gasteiger partial charge is 0.271 e. The number of halogens is 2. The van der Waals surface area contributed by atoms with Crippen LogP contribution in [0.3, 0.4) is 0 Å². The Morgan fingerprint density at radius 3 is 2.62 bits per heavy atom. The van der Waals surface area contributed by atoms with Crippen molar-refractivity contribution in [1.82, 2.24) is 5.43 Å². The summed E-state index contributed by atoms with van der Waals surface area (Å²) in [6.45, 7) is 4.51. The molecular weight excluding hydrogens is 352 g/mol. The first kappa shape index (κ1) is 14.6. The molecule has 0 radical (unpaired) electrons. The Morgan fingerprint density at radius 1 is 1.50 bits per heavy atom. The van der Waals surface area contributed by atoms with Gasteiger partial charge in [0.25, 0.3) is 0 Å². The average Bonchev–Trinajstić information content (AvgIpc) is 2.56. The molecule has 3 N–H and O–H groups in total. The van der Waals surface area contributed by atoms with Gasteiger partial charge >= 0.3 is 0 Å². The van der Waals surface area contributed by atoms with Crippen molar-refractivity contribution in [2.24, 2.45) is 11.8 Å². The van der Waals surface area contributed by atoms with E-state index in [-0.39, 0.29) is 6.04 Å². The van der Waals surface area contributed by atoms with E-state index in [0.717, 1.165) is 14.7 Å². The second kappa shape index (κ2) is 7.11. The van der Waals surface area contributed by atoms with Gasteiger partial charge in [0, 0.05) is 9.35 Å². The first-order valence-electron chi connectivity index (χ1n) is 5.49. The van der Waals surface area contributed by atoms with Crippen LogP contribution in [0.2, 0.25) is 0 Å². The van der Waals surface area contributed by atoms with Gasteiger partial charge in [0.2, 0.25) is 0 Å². The molecule has 0 saturated carbocycles. The van der Waals surface area contributed by atoms with E-state index in [1.54, 1.807) is 11.3 Å². The highest BCUT2D eigenvalue weighted by Gasteiger charge is 2.17. The quantitative estimate of drug-likeness (QED) is 0.567. The summed E-state index contributed by atoms with van der Waals surface area (Å²) in [6.07, 6.45) is 3.58. The monoisotopic (exact) mass is 368 g/mol. The molecular formula is C11H18Br2N2S. The molecule has 0 spiro atoms. The van der Waals surface area contributed by atoms with Gasteiger partial charge in [0.05, 0.1) is 9.83 Å². The fourth-order valence-electron chi connectivity index (χ4n) is 1.81. The Hall–Kier alpha value is 0.580. The zero-order valence-corrected chi connectivity index (χ0v) is 13.6. The zero-order valence-electron chi connectivity index (χ0n) is 9.59. The molecule has 0 amide bonds. The van der Waals surface area contributed by atoms with Crippen LogP contribution in [0.1, 0.15) is 44.0 Å². The minimum atomic E-state index is 0.258. The van der Waals surface area contributed by atoms with Crippen molar-refractivity contribution in [1.29, 1.82) is 0 Å². The summed E-state index contributed by atoms with van der Waals surface area (Å²) < 4.78 is 2.24. The topological polar surface area (TPSA) is 38.0 Å². The fourth-order valence-corrected chi connectivity index (χ4v) is 3.98. The van der Waals surface area contributed by atoms with E-state index in [1.807, 2.05) is 0 Å². The van der Waals surface area contributed by atoms with Crippen molar-refractivity contribution in [3.8, 4) is 0 Å². The highest BCUT2D eigenvalue weighted by atomic mass is 79.9. The van der Waals surface area contributed by atoms with Crippen molar-refractivity contribution in [3.05, 3.63) is 19.2 Å². The molecule has 1 aromatic rings. The first-order valence-corrected chi connectivity index (χ1v) is 7.89. The third-order valence-electron chi connectivity index (χ3n) is 2.63. The van der Waals surface area contributed by atoms with Crippen LogP contribution in [0.5, 0.6) is 0 Å². The number of nitrogens with one attached hydrogen (secondary N) is 1. The van der Waals surface area contributed by atoms with Gasteiger partial charge < -0.3 is 0 Å². The van der Waals surface area contributed by atoms with E-state index in [0.29, 0.717) is 5.92 Å². The Balaban J connectivity index is 2.67. The summed E-state index contributed by atoms with van der Waals surface area (Å²) >= 11 is 8.75. The molecule has 0 aliphatic rings. The van der Waals surface area contributed by atoms with Crippen molar-refractivity contribution >= 4 is 43.2 Å². The van der Waals surface area contributed by atoms with Gasteiger partial charge in [0.15, 0.2) is 0 Å². The number of nitrogens with two attached hydrogens (primary N) is 1. The van der Waals surface area contributed by atoms with Crippen LogP contribution < -0.4 is 11.3 Å². The van der Waals surface area contributed by atoms with E-state index in [1.165, 1.54) is 17.7 Å². The lowest BCUT2D eigenvalue weighted by atomic mass is 9.97. The maximum absolute atomic E-state index is 5.63. The second-order valence-corrected chi connectivity index (χ2v) is 7.38. The third kappa shape index (κ3) is 4.11. The Labute approximate surface area is 118 Å². The molecule has 92 valence electrons. The lowest BCUT2D eigenvalue weighted by Gasteiger charge is -2.18. The molecule has 0 aliphatic carbocycles. The van der Waals surface area contributed by atoms with Gasteiger partial charge in [0.1, 0.15) is 0 Å². The summed E-state index contributed by atoms with van der Waals surface area (Å²) in [5, 5.41) is 0. The summed E-state index contributed by atoms with van der Waals surface area (Å²) in [7, 11) is 0. The number of rotatable bonds is 6. The summed E-state index contributed by atoms with van der Waals surface area (Å²) in [4.78, 5) is 1.28. The van der Waals surface area contributed by atoms with Crippen LogP contribution in [-0.4, -0.2) is 0 Å². The zero-order chi connectivity index (χ0) is 12.1. The van der Waals surface area contributed by atoms with Crippen molar-refractivity contribution < 1.29 is 0 Å². The van der Waals surface area contributed by atoms with Gasteiger partial charge in [-0.25, -0.2) is 0 Å². The molecule has 0 saturated heterocycles. The van der Waals surface area contributed by atoms with Gasteiger partial charge in [-0.3, -0.25) is 11.3 Å². The molecule has 2 nitrogen and oxygen atoms in total. The van der Waals surface area contributed by atoms with E-state index >= 15 is 0 Å². The number of thiophene rings is 1. The van der Waals surface area contributed by atoms with Gasteiger partial charge in [-0.1, -0.05) is 26.7 Å². The molecule has 0 fully saturated rings. The molecule has 0 bridgehead atoms. The highest BCUT2D eigenvalue weighted by Crippen LogP contribution is 2.37. The molecule has 1 rings (SSSR count). The predicted octanol–water partition coefficient (Wildman–Crippen LogP) is 4.60. The molecule has 2 atom stereocenters. The Kier molecular flexibility index (Phi) is 6.51. The summed E-state index contributed by atoms with van der Waals surface area (Å²) in [5.41, 5.74) is 2.92. The van der Waals surface area contributed by atoms with Gasteiger partial charge in [-0.05, 0) is 50.3 Å². The van der Waals surface area contributed by atoms with Crippen LogP contribution in [0.15, 0.2) is 14.3 Å². The molecule has 5 heteroatoms. The lowest BCUT2D eigenvalue weighted by molar-refractivity contribution is 0.398. The minimum absolute atomic E-state index is 0.258. The molecule has 1 heterocycles. The van der Waals surface area contributed by atoms with E-state index in [4.69, 9.17) is 5.84 Å². The molecule has 2 unspecified atom stereocenters. The lowest BCUT2D eigenvalue weighted by Crippen LogP contribution is -2.28. The number of hydrogen-bond acceptors (Lipinski definition) is 3.